The van der Waals surface area contributed by atoms with Crippen molar-refractivity contribution in [3.8, 4) is 0 Å². The summed E-state index contributed by atoms with van der Waals surface area (Å²) in [7, 11) is 0. The molecule has 0 bridgehead atoms. The number of hydrogen-bond acceptors (Lipinski definition) is 4. The first-order valence-corrected chi connectivity index (χ1v) is 7.81. The standard InChI is InChI=1S/C19H19N3O2/c1-13(21-22-18(24)15-8-11-20-12-9-15)19(2)10-7-14-5-3-4-6-16(14)17(19)23/h3-13,21H,1-2H3,(H,22,24). The number of nitrogens with one attached hydrogen (secondary N) is 2. The Kier molecular flexibility index (Phi) is 4.27. The van der Waals surface area contributed by atoms with E-state index in [1.807, 2.05) is 50.3 Å². The molecule has 5 nitrogen and oxygen atoms in total. The zero-order valence-electron chi connectivity index (χ0n) is 13.6. The van der Waals surface area contributed by atoms with Crippen LogP contribution < -0.4 is 10.9 Å². The molecular formula is C19H19N3O2. The van der Waals surface area contributed by atoms with Gasteiger partial charge in [-0.2, -0.15) is 0 Å². The van der Waals surface area contributed by atoms with Crippen LogP contribution in [0.1, 0.15) is 40.1 Å². The Morgan fingerprint density at radius 2 is 1.88 bits per heavy atom. The van der Waals surface area contributed by atoms with Crippen LogP contribution in [-0.4, -0.2) is 22.7 Å². The van der Waals surface area contributed by atoms with E-state index >= 15 is 0 Å². The van der Waals surface area contributed by atoms with Crippen molar-refractivity contribution in [2.45, 2.75) is 19.9 Å². The Morgan fingerprint density at radius 1 is 1.17 bits per heavy atom. The van der Waals surface area contributed by atoms with Crippen molar-refractivity contribution in [2.24, 2.45) is 5.41 Å². The second-order valence-corrected chi connectivity index (χ2v) is 6.09. The van der Waals surface area contributed by atoms with Crippen molar-refractivity contribution >= 4 is 17.8 Å². The zero-order valence-corrected chi connectivity index (χ0v) is 13.6. The third kappa shape index (κ3) is 2.86. The zero-order chi connectivity index (χ0) is 17.2. The number of hydrogen-bond donors (Lipinski definition) is 2. The number of aromatic nitrogens is 1. The molecule has 0 saturated heterocycles. The van der Waals surface area contributed by atoms with E-state index in [0.717, 1.165) is 5.56 Å². The second kappa shape index (κ2) is 6.37. The number of Topliss-reactive ketones (excluding diaryl/α,β-unsaturated/α-hetero) is 1. The Hall–Kier alpha value is -2.79. The molecule has 1 amide bonds. The lowest BCUT2D eigenvalue weighted by Gasteiger charge is -2.34. The molecule has 5 heteroatoms. The lowest BCUT2D eigenvalue weighted by Crippen LogP contribution is -2.53. The van der Waals surface area contributed by atoms with Crippen molar-refractivity contribution in [3.63, 3.8) is 0 Å². The van der Waals surface area contributed by atoms with Gasteiger partial charge in [-0.1, -0.05) is 36.4 Å². The number of carbonyl (C=O) groups is 2. The number of fused-ring (bicyclic) bond motifs is 1. The van der Waals surface area contributed by atoms with Gasteiger partial charge in [0, 0.05) is 29.6 Å². The highest BCUT2D eigenvalue weighted by molar-refractivity contribution is 6.07. The van der Waals surface area contributed by atoms with Crippen molar-refractivity contribution in [3.05, 3.63) is 71.6 Å². The van der Waals surface area contributed by atoms with Crippen molar-refractivity contribution in [1.29, 1.82) is 0 Å². The number of hydrazine groups is 1. The third-order valence-corrected chi connectivity index (χ3v) is 4.55. The van der Waals surface area contributed by atoms with Crippen molar-refractivity contribution < 1.29 is 9.59 Å². The van der Waals surface area contributed by atoms with Crippen LogP contribution in [0, 0.1) is 5.41 Å². The van der Waals surface area contributed by atoms with E-state index in [1.54, 1.807) is 24.5 Å². The summed E-state index contributed by atoms with van der Waals surface area (Å²) in [5, 5.41) is 0. The van der Waals surface area contributed by atoms with Crippen LogP contribution in [0.2, 0.25) is 0 Å². The number of benzene rings is 1. The minimum absolute atomic E-state index is 0.0405. The van der Waals surface area contributed by atoms with E-state index < -0.39 is 5.41 Å². The summed E-state index contributed by atoms with van der Waals surface area (Å²) in [6.45, 7) is 3.75. The fourth-order valence-electron chi connectivity index (χ4n) is 2.72. The maximum absolute atomic E-state index is 12.9. The second-order valence-electron chi connectivity index (χ2n) is 6.09. The molecule has 2 atom stereocenters. The van der Waals surface area contributed by atoms with Gasteiger partial charge in [-0.05, 0) is 31.5 Å². The predicted octanol–water partition coefficient (Wildman–Crippen LogP) is 2.62. The van der Waals surface area contributed by atoms with Gasteiger partial charge in [0.1, 0.15) is 0 Å². The highest BCUT2D eigenvalue weighted by Crippen LogP contribution is 2.34. The Labute approximate surface area is 140 Å². The summed E-state index contributed by atoms with van der Waals surface area (Å²) in [5.41, 5.74) is 7.02. The monoisotopic (exact) mass is 321 g/mol. The van der Waals surface area contributed by atoms with E-state index in [1.165, 1.54) is 0 Å². The first-order chi connectivity index (χ1) is 11.5. The molecule has 2 unspecified atom stereocenters. The smallest absolute Gasteiger partial charge is 0.265 e. The molecule has 1 aliphatic rings. The maximum Gasteiger partial charge on any atom is 0.265 e. The lowest BCUT2D eigenvalue weighted by atomic mass is 9.72. The predicted molar refractivity (Wildman–Crippen MR) is 92.2 cm³/mol. The molecule has 1 aromatic carbocycles. The average molecular weight is 321 g/mol. The van der Waals surface area contributed by atoms with Crippen LogP contribution in [0.5, 0.6) is 0 Å². The minimum Gasteiger partial charge on any atom is -0.293 e. The molecule has 0 fully saturated rings. The molecule has 1 heterocycles. The van der Waals surface area contributed by atoms with E-state index in [9.17, 15) is 9.59 Å². The summed E-state index contributed by atoms with van der Waals surface area (Å²) < 4.78 is 0. The quantitative estimate of drug-likeness (QED) is 0.849. The Balaban J connectivity index is 1.72. The fourth-order valence-corrected chi connectivity index (χ4v) is 2.72. The fraction of sp³-hybridized carbons (Fsp3) is 0.211. The van der Waals surface area contributed by atoms with Gasteiger partial charge in [0.2, 0.25) is 0 Å². The molecule has 3 rings (SSSR count). The van der Waals surface area contributed by atoms with Crippen LogP contribution in [0.3, 0.4) is 0 Å². The molecule has 0 saturated carbocycles. The van der Waals surface area contributed by atoms with Crippen LogP contribution in [0.15, 0.2) is 54.9 Å². The largest absolute Gasteiger partial charge is 0.293 e. The maximum atomic E-state index is 12.9. The molecule has 122 valence electrons. The molecule has 24 heavy (non-hydrogen) atoms. The molecule has 2 aromatic rings. The van der Waals surface area contributed by atoms with Gasteiger partial charge in [-0.3, -0.25) is 20.0 Å². The number of nitrogens with zero attached hydrogens (tertiary/aromatic N) is 1. The van der Waals surface area contributed by atoms with Gasteiger partial charge in [0.05, 0.1) is 5.41 Å². The van der Waals surface area contributed by atoms with Gasteiger partial charge < -0.3 is 0 Å². The minimum atomic E-state index is -0.736. The van der Waals surface area contributed by atoms with Crippen LogP contribution in [0.4, 0.5) is 0 Å². The van der Waals surface area contributed by atoms with Crippen molar-refractivity contribution in [2.75, 3.05) is 0 Å². The van der Waals surface area contributed by atoms with Crippen LogP contribution in [0.25, 0.3) is 6.08 Å². The first-order valence-electron chi connectivity index (χ1n) is 7.81. The van der Waals surface area contributed by atoms with Crippen molar-refractivity contribution in [1.82, 2.24) is 15.8 Å². The SMILES string of the molecule is CC(NNC(=O)c1ccncc1)C1(C)C=Cc2ccccc2C1=O. The van der Waals surface area contributed by atoms with Gasteiger partial charge >= 0.3 is 0 Å². The van der Waals surface area contributed by atoms with E-state index in [-0.39, 0.29) is 17.7 Å². The average Bonchev–Trinajstić information content (AvgIpc) is 2.63. The first kappa shape index (κ1) is 16.1. The van der Waals surface area contributed by atoms with Crippen LogP contribution in [-0.2, 0) is 0 Å². The van der Waals surface area contributed by atoms with Crippen LogP contribution >= 0.6 is 0 Å². The van der Waals surface area contributed by atoms with Gasteiger partial charge in [0.15, 0.2) is 5.78 Å². The number of ketones is 1. The summed E-state index contributed by atoms with van der Waals surface area (Å²) in [5.74, 6) is -0.223. The molecule has 1 aliphatic carbocycles. The molecule has 0 spiro atoms. The lowest BCUT2D eigenvalue weighted by molar-refractivity contribution is 0.0791. The van der Waals surface area contributed by atoms with E-state index in [4.69, 9.17) is 0 Å². The van der Waals surface area contributed by atoms with Gasteiger partial charge in [0.25, 0.3) is 5.91 Å². The third-order valence-electron chi connectivity index (χ3n) is 4.55. The molecular weight excluding hydrogens is 302 g/mol. The molecule has 2 N–H and O–H groups in total. The van der Waals surface area contributed by atoms with Gasteiger partial charge in [-0.15, -0.1) is 0 Å². The van der Waals surface area contributed by atoms with Gasteiger partial charge in [-0.25, -0.2) is 5.43 Å². The number of amides is 1. The highest BCUT2D eigenvalue weighted by atomic mass is 16.2. The summed E-state index contributed by atoms with van der Waals surface area (Å²) >= 11 is 0. The summed E-state index contributed by atoms with van der Waals surface area (Å²) in [6, 6.07) is 10.5. The number of pyridine rings is 1. The summed E-state index contributed by atoms with van der Waals surface area (Å²) in [6.07, 6.45) is 6.97. The van der Waals surface area contributed by atoms with E-state index in [2.05, 4.69) is 15.8 Å². The molecule has 0 radical (unpaired) electrons. The summed E-state index contributed by atoms with van der Waals surface area (Å²) in [4.78, 5) is 28.9. The molecule has 0 aliphatic heterocycles. The van der Waals surface area contributed by atoms with E-state index in [0.29, 0.717) is 11.1 Å². The normalized spacial score (nSPS) is 20.3. The topological polar surface area (TPSA) is 71.1 Å². The molecule has 1 aromatic heterocycles. The Bertz CT molecular complexity index is 801. The Morgan fingerprint density at radius 3 is 2.62 bits per heavy atom. The number of rotatable bonds is 4. The number of carbonyl (C=O) groups excluding carboxylic acids is 2. The highest BCUT2D eigenvalue weighted by Gasteiger charge is 2.40.